The molecule has 0 radical (unpaired) electrons. The molecule has 23 heavy (non-hydrogen) atoms. The van der Waals surface area contributed by atoms with Gasteiger partial charge in [0.15, 0.2) is 0 Å². The molecule has 2 saturated heterocycles. The van der Waals surface area contributed by atoms with Gasteiger partial charge in [0.05, 0.1) is 25.4 Å². The van der Waals surface area contributed by atoms with E-state index in [0.29, 0.717) is 25.8 Å². The van der Waals surface area contributed by atoms with E-state index in [2.05, 4.69) is 35.2 Å². The van der Waals surface area contributed by atoms with Crippen molar-refractivity contribution in [2.75, 3.05) is 32.9 Å². The number of aliphatic hydroxyl groups is 1. The third kappa shape index (κ3) is 5.28. The van der Waals surface area contributed by atoms with Gasteiger partial charge in [-0.15, -0.1) is 0 Å². The third-order valence-electron chi connectivity index (χ3n) is 4.90. The van der Waals surface area contributed by atoms with Crippen LogP contribution >= 0.6 is 0 Å². The van der Waals surface area contributed by atoms with Crippen molar-refractivity contribution in [3.8, 4) is 0 Å². The van der Waals surface area contributed by atoms with E-state index < -0.39 is 6.10 Å². The van der Waals surface area contributed by atoms with Gasteiger partial charge >= 0.3 is 0 Å². The van der Waals surface area contributed by atoms with Crippen LogP contribution in [0.25, 0.3) is 0 Å². The molecular formula is C19H29NO3. The largest absolute Gasteiger partial charge is 0.389 e. The molecule has 0 spiro atoms. The van der Waals surface area contributed by atoms with Gasteiger partial charge in [-0.05, 0) is 44.2 Å². The first-order valence-electron chi connectivity index (χ1n) is 8.96. The monoisotopic (exact) mass is 319 g/mol. The van der Waals surface area contributed by atoms with E-state index in [0.717, 1.165) is 32.4 Å². The Bertz CT molecular complexity index is 447. The lowest BCUT2D eigenvalue weighted by atomic mass is 10.0. The molecule has 128 valence electrons. The summed E-state index contributed by atoms with van der Waals surface area (Å²) in [7, 11) is 0. The number of hydrogen-bond acceptors (Lipinski definition) is 4. The Morgan fingerprint density at radius 2 is 2.09 bits per heavy atom. The molecule has 1 aromatic carbocycles. The van der Waals surface area contributed by atoms with E-state index >= 15 is 0 Å². The summed E-state index contributed by atoms with van der Waals surface area (Å²) in [5.74, 6) is 0. The van der Waals surface area contributed by atoms with Crippen molar-refractivity contribution >= 4 is 0 Å². The quantitative estimate of drug-likeness (QED) is 0.798. The van der Waals surface area contributed by atoms with Crippen molar-refractivity contribution in [2.45, 2.75) is 50.4 Å². The van der Waals surface area contributed by atoms with Crippen molar-refractivity contribution in [2.24, 2.45) is 0 Å². The number of aliphatic hydroxyl groups excluding tert-OH is 1. The van der Waals surface area contributed by atoms with Gasteiger partial charge in [-0.25, -0.2) is 0 Å². The van der Waals surface area contributed by atoms with E-state index in [1.807, 2.05) is 0 Å². The summed E-state index contributed by atoms with van der Waals surface area (Å²) in [6.07, 6.45) is 5.56. The van der Waals surface area contributed by atoms with Gasteiger partial charge in [0.2, 0.25) is 0 Å². The van der Waals surface area contributed by atoms with Gasteiger partial charge in [0.1, 0.15) is 0 Å². The molecule has 1 aromatic rings. The first kappa shape index (κ1) is 16.9. The van der Waals surface area contributed by atoms with E-state index in [1.165, 1.54) is 18.4 Å². The summed E-state index contributed by atoms with van der Waals surface area (Å²) in [5.41, 5.74) is 1.38. The van der Waals surface area contributed by atoms with Crippen molar-refractivity contribution in [1.82, 2.24) is 4.90 Å². The molecule has 2 aliphatic rings. The number of nitrogens with zero attached hydrogens (tertiary/aromatic N) is 1. The molecule has 0 aromatic heterocycles. The maximum absolute atomic E-state index is 10.3. The van der Waals surface area contributed by atoms with Crippen LogP contribution < -0.4 is 0 Å². The zero-order valence-electron chi connectivity index (χ0n) is 13.9. The fraction of sp³-hybridized carbons (Fsp3) is 0.684. The van der Waals surface area contributed by atoms with Gasteiger partial charge in [0, 0.05) is 19.2 Å². The Kier molecular flexibility index (Phi) is 6.46. The molecule has 2 aliphatic heterocycles. The second-order valence-corrected chi connectivity index (χ2v) is 6.81. The summed E-state index contributed by atoms with van der Waals surface area (Å²) in [6, 6.07) is 11.2. The third-order valence-corrected chi connectivity index (χ3v) is 4.90. The Balaban J connectivity index is 1.39. The fourth-order valence-electron chi connectivity index (χ4n) is 3.69. The van der Waals surface area contributed by atoms with E-state index in [9.17, 15) is 5.11 Å². The van der Waals surface area contributed by atoms with Crippen molar-refractivity contribution in [3.63, 3.8) is 0 Å². The molecule has 3 atom stereocenters. The molecule has 2 heterocycles. The Labute approximate surface area is 139 Å². The number of benzene rings is 1. The molecule has 1 N–H and O–H groups in total. The van der Waals surface area contributed by atoms with E-state index in [4.69, 9.17) is 9.47 Å². The van der Waals surface area contributed by atoms with E-state index in [1.54, 1.807) is 0 Å². The normalized spacial score (nSPS) is 26.7. The van der Waals surface area contributed by atoms with Crippen LogP contribution in [0.1, 0.15) is 31.2 Å². The van der Waals surface area contributed by atoms with Gasteiger partial charge in [-0.1, -0.05) is 30.3 Å². The number of β-amino-alcohol motifs (C(OH)–C–C–N with tert-alkyl or cyclic N) is 1. The highest BCUT2D eigenvalue weighted by Crippen LogP contribution is 2.21. The van der Waals surface area contributed by atoms with Crippen LogP contribution in [0.4, 0.5) is 0 Å². The second-order valence-electron chi connectivity index (χ2n) is 6.81. The average Bonchev–Trinajstić information content (AvgIpc) is 3.21. The average molecular weight is 319 g/mol. The number of rotatable bonds is 8. The molecule has 4 nitrogen and oxygen atoms in total. The SMILES string of the molecule is OC(COCC1CCCO1)CN1CCCC1Cc1ccccc1. The van der Waals surface area contributed by atoms with E-state index in [-0.39, 0.29) is 6.10 Å². The van der Waals surface area contributed by atoms with Crippen molar-refractivity contribution in [1.29, 1.82) is 0 Å². The first-order valence-corrected chi connectivity index (χ1v) is 8.96. The number of ether oxygens (including phenoxy) is 2. The lowest BCUT2D eigenvalue weighted by Crippen LogP contribution is -2.39. The molecule has 2 fully saturated rings. The molecule has 4 heteroatoms. The summed E-state index contributed by atoms with van der Waals surface area (Å²) in [6.45, 7) is 3.67. The number of hydrogen-bond donors (Lipinski definition) is 1. The maximum atomic E-state index is 10.3. The predicted octanol–water partition coefficient (Wildman–Crippen LogP) is 2.25. The topological polar surface area (TPSA) is 41.9 Å². The molecule has 3 rings (SSSR count). The minimum atomic E-state index is -0.409. The zero-order chi connectivity index (χ0) is 15.9. The van der Waals surface area contributed by atoms with Crippen molar-refractivity contribution < 1.29 is 14.6 Å². The van der Waals surface area contributed by atoms with Crippen LogP contribution in [-0.2, 0) is 15.9 Å². The van der Waals surface area contributed by atoms with Gasteiger partial charge in [0.25, 0.3) is 0 Å². The minimum absolute atomic E-state index is 0.236. The lowest BCUT2D eigenvalue weighted by Gasteiger charge is -2.27. The fourth-order valence-corrected chi connectivity index (χ4v) is 3.69. The summed E-state index contributed by atoms with van der Waals surface area (Å²) in [5, 5.41) is 10.3. The molecule has 0 aliphatic carbocycles. The summed E-state index contributed by atoms with van der Waals surface area (Å²) in [4.78, 5) is 2.42. The molecular weight excluding hydrogens is 290 g/mol. The number of likely N-dealkylation sites (tertiary alicyclic amines) is 1. The summed E-state index contributed by atoms with van der Waals surface area (Å²) < 4.78 is 11.2. The predicted molar refractivity (Wildman–Crippen MR) is 90.5 cm³/mol. The minimum Gasteiger partial charge on any atom is -0.389 e. The lowest BCUT2D eigenvalue weighted by molar-refractivity contribution is -0.0260. The standard InChI is InChI=1S/C19H29NO3/c21-18(14-22-15-19-9-5-11-23-19)13-20-10-4-8-17(20)12-16-6-2-1-3-7-16/h1-3,6-7,17-19,21H,4-5,8-15H2. The Morgan fingerprint density at radius 1 is 1.22 bits per heavy atom. The van der Waals surface area contributed by atoms with Crippen LogP contribution in [-0.4, -0.2) is 61.2 Å². The molecule has 0 amide bonds. The van der Waals surface area contributed by atoms with Crippen LogP contribution in [0.15, 0.2) is 30.3 Å². The zero-order valence-corrected chi connectivity index (χ0v) is 13.9. The van der Waals surface area contributed by atoms with Crippen LogP contribution in [0.3, 0.4) is 0 Å². The highest BCUT2D eigenvalue weighted by Gasteiger charge is 2.26. The highest BCUT2D eigenvalue weighted by molar-refractivity contribution is 5.16. The van der Waals surface area contributed by atoms with Gasteiger partial charge < -0.3 is 14.6 Å². The molecule has 0 saturated carbocycles. The van der Waals surface area contributed by atoms with Crippen LogP contribution in [0, 0.1) is 0 Å². The van der Waals surface area contributed by atoms with Gasteiger partial charge in [-0.2, -0.15) is 0 Å². The first-order chi connectivity index (χ1) is 11.3. The Morgan fingerprint density at radius 3 is 2.87 bits per heavy atom. The van der Waals surface area contributed by atoms with Crippen LogP contribution in [0.2, 0.25) is 0 Å². The van der Waals surface area contributed by atoms with Gasteiger partial charge in [-0.3, -0.25) is 4.90 Å². The molecule has 0 bridgehead atoms. The second kappa shape index (κ2) is 8.78. The maximum Gasteiger partial charge on any atom is 0.0900 e. The smallest absolute Gasteiger partial charge is 0.0900 e. The van der Waals surface area contributed by atoms with Crippen LogP contribution in [0.5, 0.6) is 0 Å². The van der Waals surface area contributed by atoms with Crippen molar-refractivity contribution in [3.05, 3.63) is 35.9 Å². The Hall–Kier alpha value is -0.940. The highest BCUT2D eigenvalue weighted by atomic mass is 16.5. The molecule has 3 unspecified atom stereocenters. The summed E-state index contributed by atoms with van der Waals surface area (Å²) >= 11 is 0.